The minimum atomic E-state index is -0.296. The van der Waals surface area contributed by atoms with Gasteiger partial charge in [0.1, 0.15) is 0 Å². The average molecular weight is 366 g/mol. The molecule has 0 saturated heterocycles. The Morgan fingerprint density at radius 2 is 2.00 bits per heavy atom. The largest absolute Gasteiger partial charge is 0.349 e. The Kier molecular flexibility index (Phi) is 6.87. The van der Waals surface area contributed by atoms with E-state index in [4.69, 9.17) is 11.6 Å². The lowest BCUT2D eigenvalue weighted by Gasteiger charge is -2.17. The van der Waals surface area contributed by atoms with Crippen LogP contribution in [0.5, 0.6) is 0 Å². The minimum Gasteiger partial charge on any atom is -0.349 e. The number of benzene rings is 1. The Bertz CT molecular complexity index is 746. The first-order valence-electron chi connectivity index (χ1n) is 7.78. The molecule has 1 N–H and O–H groups in total. The van der Waals surface area contributed by atoms with Crippen molar-refractivity contribution < 1.29 is 4.79 Å². The zero-order valence-corrected chi connectivity index (χ0v) is 15.2. The summed E-state index contributed by atoms with van der Waals surface area (Å²) in [6.45, 7) is 4.67. The molecule has 2 rings (SSSR count). The fourth-order valence-electron chi connectivity index (χ4n) is 2.25. The van der Waals surface area contributed by atoms with Crippen LogP contribution >= 0.6 is 23.4 Å². The molecule has 1 heterocycles. The first-order valence-corrected chi connectivity index (χ1v) is 9.15. The quantitative estimate of drug-likeness (QED) is 0.604. The van der Waals surface area contributed by atoms with E-state index in [1.165, 1.54) is 17.8 Å². The van der Waals surface area contributed by atoms with Crippen LogP contribution in [-0.2, 0) is 11.3 Å². The van der Waals surface area contributed by atoms with E-state index >= 15 is 0 Å². The number of aromatic nitrogens is 2. The first-order chi connectivity index (χ1) is 11.5. The molecular formula is C17H20ClN3O2S. The van der Waals surface area contributed by atoms with Crippen molar-refractivity contribution in [3.8, 4) is 0 Å². The third kappa shape index (κ3) is 5.11. The van der Waals surface area contributed by atoms with Crippen LogP contribution in [0.2, 0.25) is 5.02 Å². The summed E-state index contributed by atoms with van der Waals surface area (Å²) in [5.74, 6) is 0.114. The maximum atomic E-state index is 12.2. The highest BCUT2D eigenvalue weighted by Gasteiger charge is 2.14. The van der Waals surface area contributed by atoms with Crippen molar-refractivity contribution in [3.05, 3.63) is 57.5 Å². The molecule has 0 radical (unpaired) electrons. The second-order valence-electron chi connectivity index (χ2n) is 5.20. The normalized spacial score (nSPS) is 12.0. The third-order valence-corrected chi connectivity index (χ3v) is 4.78. The smallest absolute Gasteiger partial charge is 0.273 e. The van der Waals surface area contributed by atoms with E-state index in [1.54, 1.807) is 6.20 Å². The molecule has 0 aliphatic rings. The van der Waals surface area contributed by atoms with Crippen molar-refractivity contribution in [2.75, 3.05) is 5.75 Å². The van der Waals surface area contributed by atoms with Gasteiger partial charge in [-0.15, -0.1) is 0 Å². The number of hydrogen-bond donors (Lipinski definition) is 1. The summed E-state index contributed by atoms with van der Waals surface area (Å²) in [5, 5.41) is 4.23. The van der Waals surface area contributed by atoms with Crippen molar-refractivity contribution in [2.24, 2.45) is 0 Å². The Morgan fingerprint density at radius 1 is 1.29 bits per heavy atom. The number of carbonyl (C=O) groups excluding carboxylic acids is 1. The summed E-state index contributed by atoms with van der Waals surface area (Å²) in [6.07, 6.45) is 2.47. The summed E-state index contributed by atoms with van der Waals surface area (Å²) < 4.78 is 1.84. The van der Waals surface area contributed by atoms with E-state index in [0.717, 1.165) is 12.0 Å². The predicted octanol–water partition coefficient (Wildman–Crippen LogP) is 3.28. The lowest BCUT2D eigenvalue weighted by Crippen LogP contribution is -2.29. The van der Waals surface area contributed by atoms with Crippen molar-refractivity contribution in [3.63, 3.8) is 0 Å². The van der Waals surface area contributed by atoms with Gasteiger partial charge in [-0.05, 0) is 31.0 Å². The van der Waals surface area contributed by atoms with Gasteiger partial charge in [-0.3, -0.25) is 9.59 Å². The molecule has 0 fully saturated rings. The highest BCUT2D eigenvalue weighted by atomic mass is 35.5. The van der Waals surface area contributed by atoms with Gasteiger partial charge in [0.2, 0.25) is 5.91 Å². The SMILES string of the molecule is CCC(NC(=O)CSc1nc(=O)ccn1CC)c1ccc(Cl)cc1. The van der Waals surface area contributed by atoms with Crippen molar-refractivity contribution in [1.82, 2.24) is 14.9 Å². The zero-order valence-electron chi connectivity index (χ0n) is 13.7. The number of nitrogens with one attached hydrogen (secondary N) is 1. The van der Waals surface area contributed by atoms with Crippen molar-refractivity contribution >= 4 is 29.3 Å². The second kappa shape index (κ2) is 8.89. The van der Waals surface area contributed by atoms with Crippen molar-refractivity contribution in [1.29, 1.82) is 0 Å². The molecule has 1 unspecified atom stereocenters. The van der Waals surface area contributed by atoms with Crippen LogP contribution in [0.4, 0.5) is 0 Å². The van der Waals surface area contributed by atoms with Gasteiger partial charge in [-0.1, -0.05) is 42.4 Å². The van der Waals surface area contributed by atoms with Crippen molar-refractivity contribution in [2.45, 2.75) is 38.0 Å². The van der Waals surface area contributed by atoms with Crippen LogP contribution < -0.4 is 10.9 Å². The molecule has 0 aliphatic carbocycles. The van der Waals surface area contributed by atoms with Crippen LogP contribution in [0, 0.1) is 0 Å². The maximum Gasteiger partial charge on any atom is 0.273 e. The summed E-state index contributed by atoms with van der Waals surface area (Å²) in [6, 6.07) is 8.81. The molecule has 24 heavy (non-hydrogen) atoms. The molecule has 2 aromatic rings. The minimum absolute atomic E-state index is 0.0625. The standard InChI is InChI=1S/C17H20ClN3O2S/c1-3-14(12-5-7-13(18)8-6-12)19-16(23)11-24-17-20-15(22)9-10-21(17)4-2/h5-10,14H,3-4,11H2,1-2H3,(H,19,23). The number of carbonyl (C=O) groups is 1. The van der Waals surface area contributed by atoms with E-state index in [9.17, 15) is 9.59 Å². The van der Waals surface area contributed by atoms with Gasteiger partial charge in [0.25, 0.3) is 5.56 Å². The van der Waals surface area contributed by atoms with Gasteiger partial charge < -0.3 is 9.88 Å². The van der Waals surface area contributed by atoms with Gasteiger partial charge in [0.15, 0.2) is 5.16 Å². The van der Waals surface area contributed by atoms with Crippen LogP contribution in [0.15, 0.2) is 46.5 Å². The number of rotatable bonds is 7. The fraction of sp³-hybridized carbons (Fsp3) is 0.353. The second-order valence-corrected chi connectivity index (χ2v) is 6.58. The van der Waals surface area contributed by atoms with Crippen LogP contribution in [-0.4, -0.2) is 21.2 Å². The van der Waals surface area contributed by atoms with E-state index in [-0.39, 0.29) is 23.3 Å². The van der Waals surface area contributed by atoms with Gasteiger partial charge >= 0.3 is 0 Å². The van der Waals surface area contributed by atoms with Gasteiger partial charge in [0.05, 0.1) is 11.8 Å². The highest BCUT2D eigenvalue weighted by Crippen LogP contribution is 2.20. The monoisotopic (exact) mass is 365 g/mol. The number of amides is 1. The fourth-order valence-corrected chi connectivity index (χ4v) is 3.23. The molecule has 0 bridgehead atoms. The van der Waals surface area contributed by atoms with Crippen LogP contribution in [0.25, 0.3) is 0 Å². The highest BCUT2D eigenvalue weighted by molar-refractivity contribution is 7.99. The van der Waals surface area contributed by atoms with Crippen LogP contribution in [0.3, 0.4) is 0 Å². The maximum absolute atomic E-state index is 12.2. The number of nitrogens with zero attached hydrogens (tertiary/aromatic N) is 2. The molecule has 0 aliphatic heterocycles. The summed E-state index contributed by atoms with van der Waals surface area (Å²) in [7, 11) is 0. The molecule has 7 heteroatoms. The average Bonchev–Trinajstić information content (AvgIpc) is 2.59. The third-order valence-electron chi connectivity index (χ3n) is 3.54. The topological polar surface area (TPSA) is 64.0 Å². The number of thioether (sulfide) groups is 1. The van der Waals surface area contributed by atoms with Gasteiger partial charge in [0, 0.05) is 23.8 Å². The lowest BCUT2D eigenvalue weighted by molar-refractivity contribution is -0.119. The predicted molar refractivity (Wildman–Crippen MR) is 97.5 cm³/mol. The van der Waals surface area contributed by atoms with Gasteiger partial charge in [-0.25, -0.2) is 0 Å². The molecule has 0 spiro atoms. The number of hydrogen-bond acceptors (Lipinski definition) is 4. The molecule has 0 saturated carbocycles. The van der Waals surface area contributed by atoms with E-state index < -0.39 is 0 Å². The number of halogens is 1. The zero-order chi connectivity index (χ0) is 17.5. The molecule has 1 amide bonds. The number of aryl methyl sites for hydroxylation is 1. The molecule has 1 aromatic carbocycles. The molecule has 128 valence electrons. The lowest BCUT2D eigenvalue weighted by atomic mass is 10.0. The summed E-state index contributed by atoms with van der Waals surface area (Å²) in [5.41, 5.74) is 0.721. The van der Waals surface area contributed by atoms with E-state index in [1.807, 2.05) is 42.7 Å². The molecule has 1 aromatic heterocycles. The summed E-state index contributed by atoms with van der Waals surface area (Å²) in [4.78, 5) is 27.6. The van der Waals surface area contributed by atoms with E-state index in [2.05, 4.69) is 10.3 Å². The molecule has 5 nitrogen and oxygen atoms in total. The van der Waals surface area contributed by atoms with Gasteiger partial charge in [-0.2, -0.15) is 4.98 Å². The molecular weight excluding hydrogens is 346 g/mol. The Balaban J connectivity index is 1.98. The van der Waals surface area contributed by atoms with E-state index in [0.29, 0.717) is 16.7 Å². The Morgan fingerprint density at radius 3 is 2.62 bits per heavy atom. The first kappa shape index (κ1) is 18.5. The Labute approximate surface area is 150 Å². The summed E-state index contributed by atoms with van der Waals surface area (Å²) >= 11 is 7.16. The molecule has 1 atom stereocenters. The Hall–Kier alpha value is -1.79. The van der Waals surface area contributed by atoms with Crippen LogP contribution in [0.1, 0.15) is 31.9 Å².